The Bertz CT molecular complexity index is 769. The third kappa shape index (κ3) is 18.9. The second kappa shape index (κ2) is 23.7. The first-order valence-corrected chi connectivity index (χ1v) is 13.1. The predicted octanol–water partition coefficient (Wildman–Crippen LogP) is -1.52. The Balaban J connectivity index is 1.97. The summed E-state index contributed by atoms with van der Waals surface area (Å²) in [6.45, 7) is 5.32. The van der Waals surface area contributed by atoms with Crippen molar-refractivity contribution in [3.8, 4) is 0 Å². The van der Waals surface area contributed by atoms with Crippen LogP contribution in [-0.2, 0) is 57.2 Å². The second-order valence-electron chi connectivity index (χ2n) is 8.21. The fraction of sp³-hybridized carbons (Fsp3) is 0.792. The van der Waals surface area contributed by atoms with Gasteiger partial charge in [-0.25, -0.2) is 9.59 Å². The molecule has 4 amide bonds. The van der Waals surface area contributed by atoms with Gasteiger partial charge in [-0.05, 0) is 0 Å². The van der Waals surface area contributed by atoms with E-state index in [0.29, 0.717) is 77.7 Å². The van der Waals surface area contributed by atoms with Crippen molar-refractivity contribution in [1.82, 2.24) is 15.7 Å². The minimum atomic E-state index is -1.54. The van der Waals surface area contributed by atoms with Crippen LogP contribution in [0.15, 0.2) is 0 Å². The lowest BCUT2D eigenvalue weighted by molar-refractivity contribution is -0.197. The smallest absolute Gasteiger partial charge is 0.405 e. The molecule has 1 rings (SSSR count). The molecule has 0 spiro atoms. The number of hydrogen-bond acceptors (Lipinski definition) is 13. The lowest BCUT2D eigenvalue weighted by Gasteiger charge is -2.18. The van der Waals surface area contributed by atoms with Crippen LogP contribution in [0.2, 0.25) is 0 Å². The van der Waals surface area contributed by atoms with Gasteiger partial charge in [0.2, 0.25) is 5.91 Å². The van der Waals surface area contributed by atoms with Gasteiger partial charge in [0.15, 0.2) is 0 Å². The molecule has 1 aliphatic heterocycles. The number of carbonyl (C=O) groups excluding carboxylic acids is 4. The van der Waals surface area contributed by atoms with E-state index in [1.165, 1.54) is 0 Å². The summed E-state index contributed by atoms with van der Waals surface area (Å²) in [4.78, 5) is 63.0. The highest BCUT2D eigenvalue weighted by Gasteiger charge is 2.34. The normalized spacial score (nSPS) is 13.8. The van der Waals surface area contributed by atoms with E-state index in [-0.39, 0.29) is 32.6 Å². The van der Waals surface area contributed by atoms with Gasteiger partial charge in [0.25, 0.3) is 11.8 Å². The first kappa shape index (κ1) is 36.1. The van der Waals surface area contributed by atoms with Crippen molar-refractivity contribution in [2.75, 3.05) is 99.5 Å². The minimum Gasteiger partial charge on any atom is -0.465 e. The van der Waals surface area contributed by atoms with Crippen molar-refractivity contribution in [1.29, 1.82) is 0 Å². The van der Waals surface area contributed by atoms with E-state index in [0.717, 1.165) is 0 Å². The molecule has 1 heterocycles. The topological polar surface area (TPSA) is 207 Å². The van der Waals surface area contributed by atoms with E-state index in [2.05, 4.69) is 10.2 Å². The van der Waals surface area contributed by atoms with Crippen LogP contribution in [0.4, 0.5) is 4.79 Å². The number of imide groups is 1. The molecule has 0 unspecified atom stereocenters. The Labute approximate surface area is 237 Å². The number of carbonyl (C=O) groups is 5. The summed E-state index contributed by atoms with van der Waals surface area (Å²) in [5, 5.41) is 13.6. The predicted molar refractivity (Wildman–Crippen MR) is 137 cm³/mol. The maximum absolute atomic E-state index is 12.3. The zero-order valence-electron chi connectivity index (χ0n) is 23.3. The fourth-order valence-electron chi connectivity index (χ4n) is 3.04. The zero-order chi connectivity index (χ0) is 30.1. The maximum atomic E-state index is 12.3. The first-order chi connectivity index (χ1) is 19.8. The van der Waals surface area contributed by atoms with E-state index in [1.54, 1.807) is 7.11 Å². The maximum Gasteiger partial charge on any atom is 0.405 e. The largest absolute Gasteiger partial charge is 0.465 e. The standard InChI is InChI=1S/C24H41N3O14/c1-34-6-7-36-10-11-38-14-15-40-17-16-39-13-12-37-9-8-35-5-4-25-23(31)19(26-24(32)33)18-22(30)41-27-20(28)2-3-21(27)29/h19,26H,2-18H2,1H3,(H,25,31)(H,32,33)/t19-/m0/s1. The van der Waals surface area contributed by atoms with Crippen LogP contribution < -0.4 is 10.6 Å². The van der Waals surface area contributed by atoms with Gasteiger partial charge in [-0.15, -0.1) is 5.06 Å². The van der Waals surface area contributed by atoms with Crippen molar-refractivity contribution in [3.05, 3.63) is 0 Å². The lowest BCUT2D eigenvalue weighted by atomic mass is 10.2. The minimum absolute atomic E-state index is 0.0328. The molecule has 1 atom stereocenters. The van der Waals surface area contributed by atoms with Crippen molar-refractivity contribution < 1.29 is 67.1 Å². The third-order valence-corrected chi connectivity index (χ3v) is 5.02. The lowest BCUT2D eigenvalue weighted by Crippen LogP contribution is -2.48. The van der Waals surface area contributed by atoms with Crippen molar-refractivity contribution in [3.63, 3.8) is 0 Å². The van der Waals surface area contributed by atoms with Crippen LogP contribution in [0.25, 0.3) is 0 Å². The fourth-order valence-corrected chi connectivity index (χ4v) is 3.04. The number of carboxylic acid groups (broad SMARTS) is 1. The summed E-state index contributed by atoms with van der Waals surface area (Å²) < 4.78 is 36.9. The second-order valence-corrected chi connectivity index (χ2v) is 8.21. The van der Waals surface area contributed by atoms with Crippen molar-refractivity contribution >= 4 is 29.8 Å². The number of rotatable bonds is 26. The van der Waals surface area contributed by atoms with Gasteiger partial charge in [-0.3, -0.25) is 14.4 Å². The number of methoxy groups -OCH3 is 1. The summed E-state index contributed by atoms with van der Waals surface area (Å²) in [6.07, 6.45) is -2.46. The Morgan fingerprint density at radius 1 is 0.732 bits per heavy atom. The molecule has 0 aromatic carbocycles. The number of ether oxygens (including phenoxy) is 7. The highest BCUT2D eigenvalue weighted by atomic mass is 16.7. The average molecular weight is 596 g/mol. The number of hydroxylamine groups is 2. The van der Waals surface area contributed by atoms with E-state index in [1.807, 2.05) is 5.32 Å². The Morgan fingerprint density at radius 2 is 1.15 bits per heavy atom. The van der Waals surface area contributed by atoms with Crippen molar-refractivity contribution in [2.24, 2.45) is 0 Å². The summed E-state index contributed by atoms with van der Waals surface area (Å²) >= 11 is 0. The number of nitrogens with one attached hydrogen (secondary N) is 2. The molecule has 0 aromatic rings. The monoisotopic (exact) mass is 595 g/mol. The third-order valence-electron chi connectivity index (χ3n) is 5.02. The van der Waals surface area contributed by atoms with Gasteiger partial charge in [-0.1, -0.05) is 0 Å². The molecule has 1 fully saturated rings. The Kier molecular flexibility index (Phi) is 20.9. The number of nitrogens with zero attached hydrogens (tertiary/aromatic N) is 1. The van der Waals surface area contributed by atoms with Gasteiger partial charge in [-0.2, -0.15) is 0 Å². The molecule has 0 aliphatic carbocycles. The van der Waals surface area contributed by atoms with E-state index in [9.17, 15) is 24.0 Å². The quantitative estimate of drug-likeness (QED) is 0.0767. The van der Waals surface area contributed by atoms with Gasteiger partial charge in [0, 0.05) is 26.5 Å². The Hall–Kier alpha value is -2.93. The van der Waals surface area contributed by atoms with Gasteiger partial charge in [0.1, 0.15) is 6.04 Å². The molecule has 1 saturated heterocycles. The molecule has 236 valence electrons. The highest BCUT2D eigenvalue weighted by Crippen LogP contribution is 2.13. The van der Waals surface area contributed by atoms with E-state index in [4.69, 9.17) is 38.3 Å². The highest BCUT2D eigenvalue weighted by molar-refractivity contribution is 6.01. The molecule has 3 N–H and O–H groups in total. The molecule has 0 radical (unpaired) electrons. The summed E-state index contributed by atoms with van der Waals surface area (Å²) in [5.41, 5.74) is 0. The van der Waals surface area contributed by atoms with E-state index >= 15 is 0 Å². The van der Waals surface area contributed by atoms with Gasteiger partial charge < -0.3 is 53.7 Å². The summed E-state index contributed by atoms with van der Waals surface area (Å²) in [5.74, 6) is -3.30. The van der Waals surface area contributed by atoms with Crippen LogP contribution in [0.1, 0.15) is 19.3 Å². The average Bonchev–Trinajstić information content (AvgIpc) is 3.25. The van der Waals surface area contributed by atoms with Crippen LogP contribution in [-0.4, -0.2) is 146 Å². The SMILES string of the molecule is COCCOCCOCCOCCOCCOCCOCCNC(=O)[C@H](CC(=O)ON1C(=O)CCC1=O)NC(=O)O. The molecule has 17 heteroatoms. The summed E-state index contributed by atoms with van der Waals surface area (Å²) in [7, 11) is 1.62. The summed E-state index contributed by atoms with van der Waals surface area (Å²) in [6, 6.07) is -1.49. The van der Waals surface area contributed by atoms with Gasteiger partial charge >= 0.3 is 12.1 Å². The molecule has 17 nitrogen and oxygen atoms in total. The van der Waals surface area contributed by atoms with Crippen molar-refractivity contribution in [2.45, 2.75) is 25.3 Å². The molecule has 1 aliphatic rings. The number of hydrogen-bond donors (Lipinski definition) is 3. The molecule has 0 saturated carbocycles. The van der Waals surface area contributed by atoms with Gasteiger partial charge in [0.05, 0.1) is 92.3 Å². The Morgan fingerprint density at radius 3 is 1.56 bits per heavy atom. The number of amides is 4. The van der Waals surface area contributed by atoms with Crippen LogP contribution in [0, 0.1) is 0 Å². The zero-order valence-corrected chi connectivity index (χ0v) is 23.3. The first-order valence-electron chi connectivity index (χ1n) is 13.1. The molecule has 0 aromatic heterocycles. The molecular weight excluding hydrogens is 554 g/mol. The van der Waals surface area contributed by atoms with Crippen LogP contribution in [0.3, 0.4) is 0 Å². The van der Waals surface area contributed by atoms with Crippen LogP contribution in [0.5, 0.6) is 0 Å². The van der Waals surface area contributed by atoms with Crippen LogP contribution >= 0.6 is 0 Å². The molecular formula is C24H41N3O14. The van der Waals surface area contributed by atoms with E-state index < -0.39 is 42.2 Å². The molecule has 41 heavy (non-hydrogen) atoms. The molecule has 0 bridgehead atoms.